The lowest BCUT2D eigenvalue weighted by atomic mass is 10.1. The Bertz CT molecular complexity index is 515. The maximum Gasteiger partial charge on any atom is 0.331 e. The first-order valence-electron chi connectivity index (χ1n) is 10.3. The van der Waals surface area contributed by atoms with Gasteiger partial charge < -0.3 is 18.9 Å². The molecule has 0 aliphatic heterocycles. The standard InChI is InChI=1S/C22H34O8/c1-27-19(23)13-15-21(25)29-17-11-9-7-5-3-4-6-8-10-12-18-30-22(26)16-14-20(24)28-2/h13-16H,3-12,17-18H2,1-2H3/b15-13-,16-14-. The first-order chi connectivity index (χ1) is 14.5. The lowest BCUT2D eigenvalue weighted by molar-refractivity contribution is -0.139. The molecule has 0 atom stereocenters. The van der Waals surface area contributed by atoms with Crippen LogP contribution in [-0.2, 0) is 38.1 Å². The van der Waals surface area contributed by atoms with Crippen molar-refractivity contribution in [1.29, 1.82) is 0 Å². The smallest absolute Gasteiger partial charge is 0.331 e. The lowest BCUT2D eigenvalue weighted by Gasteiger charge is -2.04. The molecule has 0 bridgehead atoms. The third-order valence-corrected chi connectivity index (χ3v) is 4.14. The van der Waals surface area contributed by atoms with E-state index in [1.165, 1.54) is 27.1 Å². The van der Waals surface area contributed by atoms with E-state index in [4.69, 9.17) is 9.47 Å². The number of unbranched alkanes of at least 4 members (excludes halogenated alkanes) is 9. The highest BCUT2D eigenvalue weighted by Gasteiger charge is 2.01. The Morgan fingerprint density at radius 2 is 0.733 bits per heavy atom. The molecule has 0 aromatic carbocycles. The third-order valence-electron chi connectivity index (χ3n) is 4.14. The van der Waals surface area contributed by atoms with Gasteiger partial charge in [-0.3, -0.25) is 0 Å². The van der Waals surface area contributed by atoms with E-state index in [-0.39, 0.29) is 0 Å². The van der Waals surface area contributed by atoms with Gasteiger partial charge in [0.2, 0.25) is 0 Å². The zero-order valence-corrected chi connectivity index (χ0v) is 18.1. The van der Waals surface area contributed by atoms with Gasteiger partial charge in [-0.1, -0.05) is 51.4 Å². The van der Waals surface area contributed by atoms with Crippen molar-refractivity contribution >= 4 is 23.9 Å². The Labute approximate surface area is 178 Å². The number of carbonyl (C=O) groups excluding carboxylic acids is 4. The van der Waals surface area contributed by atoms with Crippen LogP contribution in [0.5, 0.6) is 0 Å². The Balaban J connectivity index is 3.35. The number of esters is 4. The van der Waals surface area contributed by atoms with Crippen molar-refractivity contribution in [3.8, 4) is 0 Å². The first-order valence-corrected chi connectivity index (χ1v) is 10.3. The molecule has 0 saturated heterocycles. The van der Waals surface area contributed by atoms with Crippen LogP contribution in [0.25, 0.3) is 0 Å². The van der Waals surface area contributed by atoms with Gasteiger partial charge in [-0.25, -0.2) is 19.2 Å². The van der Waals surface area contributed by atoms with Gasteiger partial charge in [0, 0.05) is 24.3 Å². The van der Waals surface area contributed by atoms with Crippen LogP contribution in [0, 0.1) is 0 Å². The molecule has 0 aromatic rings. The van der Waals surface area contributed by atoms with Crippen LogP contribution in [-0.4, -0.2) is 51.3 Å². The molecule has 0 amide bonds. The van der Waals surface area contributed by atoms with E-state index in [2.05, 4.69) is 9.47 Å². The van der Waals surface area contributed by atoms with Crippen LogP contribution in [0.15, 0.2) is 24.3 Å². The zero-order valence-electron chi connectivity index (χ0n) is 18.1. The molecule has 0 spiro atoms. The number of carbonyl (C=O) groups is 4. The highest BCUT2D eigenvalue weighted by atomic mass is 16.5. The summed E-state index contributed by atoms with van der Waals surface area (Å²) < 4.78 is 18.7. The maximum atomic E-state index is 11.3. The normalized spacial score (nSPS) is 10.9. The number of hydrogen-bond donors (Lipinski definition) is 0. The van der Waals surface area contributed by atoms with Crippen LogP contribution in [0.1, 0.15) is 64.2 Å². The van der Waals surface area contributed by atoms with Crippen molar-refractivity contribution < 1.29 is 38.1 Å². The number of methoxy groups -OCH3 is 2. The van der Waals surface area contributed by atoms with Crippen molar-refractivity contribution in [2.75, 3.05) is 27.4 Å². The topological polar surface area (TPSA) is 105 Å². The number of ether oxygens (including phenoxy) is 4. The van der Waals surface area contributed by atoms with E-state index in [0.717, 1.165) is 75.7 Å². The zero-order chi connectivity index (χ0) is 22.5. The summed E-state index contributed by atoms with van der Waals surface area (Å²) >= 11 is 0. The van der Waals surface area contributed by atoms with Gasteiger partial charge in [-0.2, -0.15) is 0 Å². The number of rotatable bonds is 17. The van der Waals surface area contributed by atoms with Crippen LogP contribution >= 0.6 is 0 Å². The van der Waals surface area contributed by atoms with E-state index < -0.39 is 23.9 Å². The fourth-order valence-corrected chi connectivity index (χ4v) is 2.47. The summed E-state index contributed by atoms with van der Waals surface area (Å²) in [7, 11) is 2.49. The third kappa shape index (κ3) is 18.7. The SMILES string of the molecule is COC(=O)/C=C\C(=O)OCCCCCCCCCCCCOC(=O)/C=C\C(=O)OC. The molecule has 0 saturated carbocycles. The Hall–Kier alpha value is -2.64. The molecule has 170 valence electrons. The monoisotopic (exact) mass is 426 g/mol. The minimum Gasteiger partial charge on any atom is -0.466 e. The molecule has 0 aliphatic rings. The van der Waals surface area contributed by atoms with Gasteiger partial charge >= 0.3 is 23.9 Å². The molecule has 8 heteroatoms. The molecule has 0 rings (SSSR count). The summed E-state index contributed by atoms with van der Waals surface area (Å²) in [5.74, 6) is -2.24. The summed E-state index contributed by atoms with van der Waals surface area (Å²) in [6.07, 6.45) is 14.7. The fraction of sp³-hybridized carbons (Fsp3) is 0.636. The molecule has 0 aromatic heterocycles. The molecule has 0 N–H and O–H groups in total. The van der Waals surface area contributed by atoms with Gasteiger partial charge in [0.1, 0.15) is 0 Å². The van der Waals surface area contributed by atoms with Crippen molar-refractivity contribution in [3.05, 3.63) is 24.3 Å². The minimum atomic E-state index is -0.583. The largest absolute Gasteiger partial charge is 0.466 e. The van der Waals surface area contributed by atoms with Gasteiger partial charge in [0.25, 0.3) is 0 Å². The molecular formula is C22H34O8. The summed E-state index contributed by atoms with van der Waals surface area (Å²) in [4.78, 5) is 44.3. The highest BCUT2D eigenvalue weighted by Crippen LogP contribution is 2.10. The van der Waals surface area contributed by atoms with Crippen molar-refractivity contribution in [3.63, 3.8) is 0 Å². The maximum absolute atomic E-state index is 11.3. The van der Waals surface area contributed by atoms with E-state index in [1.807, 2.05) is 0 Å². The highest BCUT2D eigenvalue weighted by molar-refractivity contribution is 5.92. The molecule has 0 fully saturated rings. The number of hydrogen-bond acceptors (Lipinski definition) is 8. The van der Waals surface area contributed by atoms with E-state index >= 15 is 0 Å². The quantitative estimate of drug-likeness (QED) is 0.151. The Morgan fingerprint density at radius 1 is 0.467 bits per heavy atom. The van der Waals surface area contributed by atoms with Crippen LogP contribution in [0.3, 0.4) is 0 Å². The van der Waals surface area contributed by atoms with Gasteiger partial charge in [0.15, 0.2) is 0 Å². The first kappa shape index (κ1) is 27.4. The Kier molecular flexibility index (Phi) is 17.9. The average Bonchev–Trinajstić information content (AvgIpc) is 2.75. The predicted molar refractivity (Wildman–Crippen MR) is 110 cm³/mol. The van der Waals surface area contributed by atoms with Gasteiger partial charge in [-0.15, -0.1) is 0 Å². The van der Waals surface area contributed by atoms with E-state index in [0.29, 0.717) is 13.2 Å². The van der Waals surface area contributed by atoms with E-state index in [1.54, 1.807) is 0 Å². The van der Waals surface area contributed by atoms with E-state index in [9.17, 15) is 19.2 Å². The van der Waals surface area contributed by atoms with Crippen molar-refractivity contribution in [2.45, 2.75) is 64.2 Å². The van der Waals surface area contributed by atoms with Crippen LogP contribution < -0.4 is 0 Å². The predicted octanol–water partition coefficient (Wildman–Crippen LogP) is 3.43. The second kappa shape index (κ2) is 19.7. The molecule has 0 aliphatic carbocycles. The molecule has 30 heavy (non-hydrogen) atoms. The van der Waals surface area contributed by atoms with Gasteiger partial charge in [0.05, 0.1) is 27.4 Å². The molecule has 0 unspecified atom stereocenters. The van der Waals surface area contributed by atoms with Gasteiger partial charge in [-0.05, 0) is 12.8 Å². The second-order valence-electron chi connectivity index (χ2n) is 6.58. The molecule has 0 radical (unpaired) electrons. The average molecular weight is 427 g/mol. The van der Waals surface area contributed by atoms with Crippen molar-refractivity contribution in [2.24, 2.45) is 0 Å². The van der Waals surface area contributed by atoms with Crippen LogP contribution in [0.4, 0.5) is 0 Å². The summed E-state index contributed by atoms with van der Waals surface area (Å²) in [6, 6.07) is 0. The summed E-state index contributed by atoms with van der Waals surface area (Å²) in [5.41, 5.74) is 0. The molecular weight excluding hydrogens is 392 g/mol. The second-order valence-corrected chi connectivity index (χ2v) is 6.58. The van der Waals surface area contributed by atoms with Crippen LogP contribution in [0.2, 0.25) is 0 Å². The molecule has 0 heterocycles. The fourth-order valence-electron chi connectivity index (χ4n) is 2.47. The Morgan fingerprint density at radius 3 is 1.03 bits per heavy atom. The summed E-state index contributed by atoms with van der Waals surface area (Å²) in [5, 5.41) is 0. The molecule has 8 nitrogen and oxygen atoms in total. The van der Waals surface area contributed by atoms with Crippen molar-refractivity contribution in [1.82, 2.24) is 0 Å². The lowest BCUT2D eigenvalue weighted by Crippen LogP contribution is -2.04. The summed E-state index contributed by atoms with van der Waals surface area (Å²) in [6.45, 7) is 0.709. The minimum absolute atomic E-state index is 0.355.